The van der Waals surface area contributed by atoms with E-state index in [1.54, 1.807) is 18.2 Å². The van der Waals surface area contributed by atoms with E-state index in [-0.39, 0.29) is 22.6 Å². The molecule has 0 aliphatic carbocycles. The van der Waals surface area contributed by atoms with Crippen molar-refractivity contribution >= 4 is 39.0 Å². The van der Waals surface area contributed by atoms with E-state index in [4.69, 9.17) is 4.42 Å². The monoisotopic (exact) mass is 595 g/mol. The Hall–Kier alpha value is -5.50. The topological polar surface area (TPSA) is 16.4 Å². The number of fused-ring (bicyclic) bond motifs is 3. The Morgan fingerprint density at radius 3 is 1.41 bits per heavy atom. The first-order valence-corrected chi connectivity index (χ1v) is 13.5. The van der Waals surface area contributed by atoms with Crippen molar-refractivity contribution < 1.29 is 30.8 Å². The average molecular weight is 596 g/mol. The van der Waals surface area contributed by atoms with Gasteiger partial charge in [-0.05, 0) is 95.1 Å². The van der Waals surface area contributed by atoms with Crippen LogP contribution in [0.5, 0.6) is 0 Å². The van der Waals surface area contributed by atoms with Gasteiger partial charge in [0.25, 0.3) is 0 Å². The van der Waals surface area contributed by atoms with Crippen LogP contribution in [0.4, 0.5) is 43.4 Å². The van der Waals surface area contributed by atoms with E-state index in [0.29, 0.717) is 40.0 Å². The highest BCUT2D eigenvalue weighted by molar-refractivity contribution is 6.06. The SMILES string of the molecule is Fc1cc(F)cc(-c2cc(-c3ccc4c(c3)oc3ccccc34)cc(N(c3cc(F)cc(F)c3)c3cc(F)cc(F)c3)c2)c1. The van der Waals surface area contributed by atoms with Crippen molar-refractivity contribution in [1.29, 1.82) is 0 Å². The third kappa shape index (κ3) is 5.15. The van der Waals surface area contributed by atoms with Crippen LogP contribution in [-0.2, 0) is 0 Å². The maximum atomic E-state index is 14.5. The van der Waals surface area contributed by atoms with Crippen molar-refractivity contribution in [2.75, 3.05) is 4.90 Å². The first kappa shape index (κ1) is 27.3. The summed E-state index contributed by atoms with van der Waals surface area (Å²) < 4.78 is 92.7. The van der Waals surface area contributed by atoms with Gasteiger partial charge in [-0.2, -0.15) is 0 Å². The highest BCUT2D eigenvalue weighted by Crippen LogP contribution is 2.41. The van der Waals surface area contributed by atoms with Gasteiger partial charge in [0.05, 0.1) is 11.4 Å². The van der Waals surface area contributed by atoms with Crippen LogP contribution in [0, 0.1) is 34.9 Å². The molecule has 0 saturated carbocycles. The Morgan fingerprint density at radius 2 is 0.818 bits per heavy atom. The first-order valence-electron chi connectivity index (χ1n) is 13.5. The molecule has 0 N–H and O–H groups in total. The van der Waals surface area contributed by atoms with Gasteiger partial charge < -0.3 is 9.32 Å². The summed E-state index contributed by atoms with van der Waals surface area (Å²) in [5, 5.41) is 1.80. The van der Waals surface area contributed by atoms with Crippen LogP contribution in [0.2, 0.25) is 0 Å². The molecular weight excluding hydrogens is 576 g/mol. The second kappa shape index (κ2) is 10.6. The summed E-state index contributed by atoms with van der Waals surface area (Å²) in [6.45, 7) is 0. The summed E-state index contributed by atoms with van der Waals surface area (Å²) in [5.74, 6) is -5.29. The summed E-state index contributed by atoms with van der Waals surface area (Å²) in [6.07, 6.45) is 0. The molecule has 216 valence electrons. The normalized spacial score (nSPS) is 11.4. The molecule has 0 amide bonds. The van der Waals surface area contributed by atoms with Crippen LogP contribution in [0.1, 0.15) is 0 Å². The molecule has 44 heavy (non-hydrogen) atoms. The molecule has 0 bridgehead atoms. The predicted molar refractivity (Wildman–Crippen MR) is 159 cm³/mol. The Bertz CT molecular complexity index is 2110. The van der Waals surface area contributed by atoms with Gasteiger partial charge in [-0.25, -0.2) is 26.3 Å². The van der Waals surface area contributed by atoms with Crippen molar-refractivity contribution in [3.8, 4) is 22.3 Å². The summed E-state index contributed by atoms with van der Waals surface area (Å²) >= 11 is 0. The first-order chi connectivity index (χ1) is 21.2. The number of hydrogen-bond acceptors (Lipinski definition) is 2. The number of para-hydroxylation sites is 1. The summed E-state index contributed by atoms with van der Waals surface area (Å²) in [7, 11) is 0. The van der Waals surface area contributed by atoms with Crippen LogP contribution < -0.4 is 4.90 Å². The zero-order valence-corrected chi connectivity index (χ0v) is 22.6. The lowest BCUT2D eigenvalue weighted by atomic mass is 9.96. The number of benzene rings is 6. The molecule has 7 rings (SSSR count). The largest absolute Gasteiger partial charge is 0.456 e. The van der Waals surface area contributed by atoms with E-state index in [9.17, 15) is 26.3 Å². The molecule has 6 aromatic carbocycles. The number of nitrogens with zero attached hydrogens (tertiary/aromatic N) is 1. The lowest BCUT2D eigenvalue weighted by molar-refractivity contribution is 0.582. The Balaban J connectivity index is 1.50. The summed E-state index contributed by atoms with van der Waals surface area (Å²) in [4.78, 5) is 1.26. The number of furan rings is 1. The van der Waals surface area contributed by atoms with Gasteiger partial charge >= 0.3 is 0 Å². The number of anilines is 3. The highest BCUT2D eigenvalue weighted by Gasteiger charge is 2.20. The van der Waals surface area contributed by atoms with E-state index >= 15 is 0 Å². The standard InChI is InChI=1S/C36H19F6NO/c37-24-8-23(9-25(38)13-24)22-7-21(20-5-6-34-33-3-1-2-4-35(33)44-36(34)12-20)10-30(11-22)43(31-16-26(39)14-27(40)17-31)32-18-28(41)15-29(42)19-32/h1-19H. The second-order valence-corrected chi connectivity index (χ2v) is 10.3. The van der Waals surface area contributed by atoms with Gasteiger partial charge in [-0.15, -0.1) is 0 Å². The fraction of sp³-hybridized carbons (Fsp3) is 0. The van der Waals surface area contributed by atoms with Crippen molar-refractivity contribution in [3.05, 3.63) is 150 Å². The quantitative estimate of drug-likeness (QED) is 0.184. The molecule has 0 radical (unpaired) electrons. The molecule has 0 fully saturated rings. The maximum Gasteiger partial charge on any atom is 0.136 e. The van der Waals surface area contributed by atoms with Crippen molar-refractivity contribution in [2.24, 2.45) is 0 Å². The average Bonchev–Trinajstić information content (AvgIpc) is 3.34. The molecule has 2 nitrogen and oxygen atoms in total. The number of hydrogen-bond donors (Lipinski definition) is 0. The van der Waals surface area contributed by atoms with Crippen LogP contribution in [-0.4, -0.2) is 0 Å². The summed E-state index contributed by atoms with van der Waals surface area (Å²) in [5.41, 5.74) is 3.02. The molecule has 1 heterocycles. The third-order valence-electron chi connectivity index (χ3n) is 7.29. The van der Waals surface area contributed by atoms with Gasteiger partial charge in [0.1, 0.15) is 46.1 Å². The van der Waals surface area contributed by atoms with Gasteiger partial charge in [0.15, 0.2) is 0 Å². The minimum Gasteiger partial charge on any atom is -0.456 e. The molecule has 0 saturated heterocycles. The van der Waals surface area contributed by atoms with Gasteiger partial charge in [0, 0.05) is 34.7 Å². The lowest BCUT2D eigenvalue weighted by Gasteiger charge is -2.27. The smallest absolute Gasteiger partial charge is 0.136 e. The van der Waals surface area contributed by atoms with Crippen LogP contribution >= 0.6 is 0 Å². The summed E-state index contributed by atoms with van der Waals surface area (Å²) in [6, 6.07) is 26.4. The van der Waals surface area contributed by atoms with E-state index in [1.165, 1.54) is 11.0 Å². The minimum absolute atomic E-state index is 0.0752. The van der Waals surface area contributed by atoms with Crippen LogP contribution in [0.25, 0.3) is 44.2 Å². The molecule has 1 aromatic heterocycles. The van der Waals surface area contributed by atoms with Crippen molar-refractivity contribution in [3.63, 3.8) is 0 Å². The van der Waals surface area contributed by atoms with Gasteiger partial charge in [-0.1, -0.05) is 24.3 Å². The Morgan fingerprint density at radius 1 is 0.364 bits per heavy atom. The zero-order chi connectivity index (χ0) is 30.5. The highest BCUT2D eigenvalue weighted by atomic mass is 19.2. The Kier molecular flexibility index (Phi) is 6.62. The predicted octanol–water partition coefficient (Wildman–Crippen LogP) is 11.2. The fourth-order valence-electron chi connectivity index (χ4n) is 5.48. The third-order valence-corrected chi connectivity index (χ3v) is 7.29. The van der Waals surface area contributed by atoms with E-state index in [2.05, 4.69) is 0 Å². The fourth-order valence-corrected chi connectivity index (χ4v) is 5.48. The number of rotatable bonds is 5. The number of halogens is 6. The van der Waals surface area contributed by atoms with Gasteiger partial charge in [0.2, 0.25) is 0 Å². The van der Waals surface area contributed by atoms with Crippen molar-refractivity contribution in [1.82, 2.24) is 0 Å². The Labute approximate surface area is 247 Å². The molecule has 0 aliphatic heterocycles. The molecule has 0 atom stereocenters. The second-order valence-electron chi connectivity index (χ2n) is 10.3. The lowest BCUT2D eigenvalue weighted by Crippen LogP contribution is -2.12. The van der Waals surface area contributed by atoms with E-state index in [1.807, 2.05) is 36.4 Å². The van der Waals surface area contributed by atoms with Gasteiger partial charge in [-0.3, -0.25) is 0 Å². The zero-order valence-electron chi connectivity index (χ0n) is 22.6. The maximum absolute atomic E-state index is 14.5. The van der Waals surface area contributed by atoms with E-state index < -0.39 is 34.9 Å². The van der Waals surface area contributed by atoms with Crippen molar-refractivity contribution in [2.45, 2.75) is 0 Å². The van der Waals surface area contributed by atoms with E-state index in [0.717, 1.165) is 53.2 Å². The molecule has 0 unspecified atom stereocenters. The molecular formula is C36H19F6NO. The molecule has 8 heteroatoms. The minimum atomic E-state index is -0.916. The molecule has 0 aliphatic rings. The molecule has 7 aromatic rings. The molecule has 0 spiro atoms. The van der Waals surface area contributed by atoms with Crippen LogP contribution in [0.15, 0.2) is 120 Å². The van der Waals surface area contributed by atoms with Crippen LogP contribution in [0.3, 0.4) is 0 Å².